The van der Waals surface area contributed by atoms with Crippen molar-refractivity contribution in [2.75, 3.05) is 4.90 Å². The number of aliphatic imine (C=N–C) groups is 2. The minimum Gasteiger partial charge on any atom is -0.406 e. The molecule has 1 saturated carbocycles. The summed E-state index contributed by atoms with van der Waals surface area (Å²) in [7, 11) is 0. The van der Waals surface area contributed by atoms with Crippen LogP contribution in [-0.4, -0.2) is 23.9 Å². The summed E-state index contributed by atoms with van der Waals surface area (Å²) >= 11 is 3.37. The largest absolute Gasteiger partial charge is 0.573 e. The molecular weight excluding hydrogens is 403 g/mol. The Labute approximate surface area is 150 Å². The van der Waals surface area contributed by atoms with Crippen LogP contribution in [0.4, 0.5) is 18.9 Å². The van der Waals surface area contributed by atoms with Crippen molar-refractivity contribution in [1.29, 1.82) is 0 Å². The Morgan fingerprint density at radius 3 is 2.48 bits per heavy atom. The van der Waals surface area contributed by atoms with Gasteiger partial charge in [0.25, 0.3) is 0 Å². The molecule has 136 valence electrons. The highest BCUT2D eigenvalue weighted by Gasteiger charge is 2.43. The quantitative estimate of drug-likeness (QED) is 0.767. The standard InChI is InChI=1S/C15H17BrF3N5O/c16-10-5-4-9(25-15(17,18)19)8-11(10)24-13(21)22-12(20)23-14(24)6-2-1-3-7-14/h4-5,8H,1-3,6-7H2,(H4,20,21,22,23). The third-order valence-electron chi connectivity index (χ3n) is 4.24. The molecule has 1 aliphatic heterocycles. The predicted molar refractivity (Wildman–Crippen MR) is 92.4 cm³/mol. The molecule has 1 aliphatic carbocycles. The maximum atomic E-state index is 12.6. The molecule has 25 heavy (non-hydrogen) atoms. The second kappa shape index (κ2) is 6.40. The zero-order chi connectivity index (χ0) is 18.2. The number of hydrogen-bond donors (Lipinski definition) is 2. The van der Waals surface area contributed by atoms with E-state index in [0.717, 1.165) is 19.3 Å². The SMILES string of the molecule is NC1=NC2(CCCCC2)N(c2cc(OC(F)(F)F)ccc2Br)C(N)=N1. The Hall–Kier alpha value is -1.97. The Bertz CT molecular complexity index is 728. The van der Waals surface area contributed by atoms with Crippen LogP contribution in [0, 0.1) is 0 Å². The molecule has 6 nitrogen and oxygen atoms in total. The molecule has 0 bridgehead atoms. The topological polar surface area (TPSA) is 89.2 Å². The molecule has 1 aromatic rings. The number of nitrogens with zero attached hydrogens (tertiary/aromatic N) is 3. The number of rotatable bonds is 2. The van der Waals surface area contributed by atoms with Gasteiger partial charge in [0.1, 0.15) is 11.4 Å². The Kier molecular flexibility index (Phi) is 4.56. The van der Waals surface area contributed by atoms with Crippen molar-refractivity contribution >= 4 is 33.5 Å². The van der Waals surface area contributed by atoms with E-state index in [2.05, 4.69) is 30.7 Å². The van der Waals surface area contributed by atoms with E-state index in [1.807, 2.05) is 0 Å². The molecule has 1 fully saturated rings. The molecule has 2 aliphatic rings. The van der Waals surface area contributed by atoms with Gasteiger partial charge in [-0.3, -0.25) is 4.90 Å². The van der Waals surface area contributed by atoms with Crippen LogP contribution in [0.15, 0.2) is 32.7 Å². The first-order valence-electron chi connectivity index (χ1n) is 7.75. The highest BCUT2D eigenvalue weighted by atomic mass is 79.9. The third kappa shape index (κ3) is 3.68. The van der Waals surface area contributed by atoms with Crippen molar-refractivity contribution in [3.05, 3.63) is 22.7 Å². The van der Waals surface area contributed by atoms with Crippen LogP contribution in [-0.2, 0) is 0 Å². The van der Waals surface area contributed by atoms with Crippen LogP contribution in [0.3, 0.4) is 0 Å². The summed E-state index contributed by atoms with van der Waals surface area (Å²) in [4.78, 5) is 10.1. The van der Waals surface area contributed by atoms with Gasteiger partial charge in [0.05, 0.1) is 5.69 Å². The van der Waals surface area contributed by atoms with Crippen LogP contribution in [0.5, 0.6) is 5.75 Å². The van der Waals surface area contributed by atoms with E-state index in [1.165, 1.54) is 18.2 Å². The van der Waals surface area contributed by atoms with Gasteiger partial charge in [0.2, 0.25) is 11.9 Å². The lowest BCUT2D eigenvalue weighted by molar-refractivity contribution is -0.274. The van der Waals surface area contributed by atoms with Gasteiger partial charge in [-0.2, -0.15) is 4.99 Å². The lowest BCUT2D eigenvalue weighted by Gasteiger charge is -2.46. The van der Waals surface area contributed by atoms with Crippen molar-refractivity contribution in [1.82, 2.24) is 0 Å². The number of nitrogens with two attached hydrogens (primary N) is 2. The molecule has 4 N–H and O–H groups in total. The number of halogens is 4. The Morgan fingerprint density at radius 2 is 1.84 bits per heavy atom. The van der Waals surface area contributed by atoms with Gasteiger partial charge < -0.3 is 16.2 Å². The molecule has 1 spiro atoms. The smallest absolute Gasteiger partial charge is 0.406 e. The molecule has 1 aromatic carbocycles. The van der Waals surface area contributed by atoms with Gasteiger partial charge in [-0.25, -0.2) is 4.99 Å². The first-order valence-corrected chi connectivity index (χ1v) is 8.54. The fourth-order valence-corrected chi connectivity index (χ4v) is 3.75. The maximum absolute atomic E-state index is 12.6. The number of guanidine groups is 2. The monoisotopic (exact) mass is 419 g/mol. The lowest BCUT2D eigenvalue weighted by Crippen LogP contribution is -2.58. The summed E-state index contributed by atoms with van der Waals surface area (Å²) in [5.41, 5.74) is 11.5. The van der Waals surface area contributed by atoms with E-state index >= 15 is 0 Å². The maximum Gasteiger partial charge on any atom is 0.573 e. The minimum atomic E-state index is -4.78. The molecule has 0 radical (unpaired) electrons. The number of alkyl halides is 3. The molecule has 1 heterocycles. The second-order valence-electron chi connectivity index (χ2n) is 5.98. The molecule has 3 rings (SSSR count). The van der Waals surface area contributed by atoms with E-state index in [-0.39, 0.29) is 17.7 Å². The van der Waals surface area contributed by atoms with Crippen LogP contribution in [0.1, 0.15) is 32.1 Å². The summed E-state index contributed by atoms with van der Waals surface area (Å²) in [5.74, 6) is -0.166. The van der Waals surface area contributed by atoms with Gasteiger partial charge >= 0.3 is 6.36 Å². The van der Waals surface area contributed by atoms with Gasteiger partial charge in [-0.05, 0) is 53.7 Å². The van der Waals surface area contributed by atoms with Gasteiger partial charge in [-0.15, -0.1) is 13.2 Å². The molecule has 0 atom stereocenters. The summed E-state index contributed by atoms with van der Waals surface area (Å²) in [6.07, 6.45) is -0.534. The number of benzene rings is 1. The van der Waals surface area contributed by atoms with E-state index in [4.69, 9.17) is 11.5 Å². The van der Waals surface area contributed by atoms with E-state index in [0.29, 0.717) is 23.0 Å². The lowest BCUT2D eigenvalue weighted by atomic mass is 9.87. The number of hydrogen-bond acceptors (Lipinski definition) is 6. The normalized spacial score (nSPS) is 20.2. The fraction of sp³-hybridized carbons (Fsp3) is 0.467. The second-order valence-corrected chi connectivity index (χ2v) is 6.83. The van der Waals surface area contributed by atoms with Gasteiger partial charge in [0, 0.05) is 10.5 Å². The predicted octanol–water partition coefficient (Wildman–Crippen LogP) is 3.46. The Morgan fingerprint density at radius 1 is 1.16 bits per heavy atom. The fourth-order valence-electron chi connectivity index (χ4n) is 3.33. The average Bonchev–Trinajstić information content (AvgIpc) is 2.49. The minimum absolute atomic E-state index is 0.0782. The Balaban J connectivity index is 2.06. The first-order chi connectivity index (χ1) is 11.7. The zero-order valence-electron chi connectivity index (χ0n) is 13.2. The third-order valence-corrected chi connectivity index (χ3v) is 4.91. The molecular formula is C15H17BrF3N5O. The summed E-state index contributed by atoms with van der Waals surface area (Å²) < 4.78 is 42.3. The highest BCUT2D eigenvalue weighted by Crippen LogP contribution is 2.43. The van der Waals surface area contributed by atoms with Gasteiger partial charge in [0.15, 0.2) is 0 Å². The molecule has 0 unspecified atom stereocenters. The average molecular weight is 420 g/mol. The molecule has 0 aromatic heterocycles. The molecule has 0 saturated heterocycles. The van der Waals surface area contributed by atoms with Crippen molar-refractivity contribution < 1.29 is 17.9 Å². The van der Waals surface area contributed by atoms with Crippen molar-refractivity contribution in [3.8, 4) is 5.75 Å². The summed E-state index contributed by atoms with van der Waals surface area (Å²) in [6, 6.07) is 3.97. The first kappa shape index (κ1) is 17.8. The van der Waals surface area contributed by atoms with Crippen molar-refractivity contribution in [3.63, 3.8) is 0 Å². The molecule has 0 amide bonds. The molecule has 10 heteroatoms. The van der Waals surface area contributed by atoms with Crippen LogP contribution in [0.25, 0.3) is 0 Å². The summed E-state index contributed by atoms with van der Waals surface area (Å²) in [5, 5.41) is 0. The summed E-state index contributed by atoms with van der Waals surface area (Å²) in [6.45, 7) is 0. The van der Waals surface area contributed by atoms with E-state index in [9.17, 15) is 13.2 Å². The van der Waals surface area contributed by atoms with Crippen molar-refractivity contribution in [2.45, 2.75) is 44.1 Å². The number of ether oxygens (including phenoxy) is 1. The van der Waals surface area contributed by atoms with Crippen molar-refractivity contribution in [2.24, 2.45) is 21.5 Å². The van der Waals surface area contributed by atoms with Crippen LogP contribution < -0.4 is 21.1 Å². The zero-order valence-corrected chi connectivity index (χ0v) is 14.8. The van der Waals surface area contributed by atoms with E-state index in [1.54, 1.807) is 4.90 Å². The van der Waals surface area contributed by atoms with Crippen LogP contribution >= 0.6 is 15.9 Å². The van der Waals surface area contributed by atoms with Gasteiger partial charge in [-0.1, -0.05) is 6.42 Å². The number of anilines is 1. The van der Waals surface area contributed by atoms with Crippen LogP contribution in [0.2, 0.25) is 0 Å². The van der Waals surface area contributed by atoms with E-state index < -0.39 is 12.0 Å². The highest BCUT2D eigenvalue weighted by molar-refractivity contribution is 9.10.